The standard InChI is InChI=1S/C19H25N3O3/c1-14-12-25-17(21-14)15-7-6-8-16(11-15)22-18(23)20-13-19(24)9-4-2-3-5-10-19/h6-8,11-12,24H,2-5,9-10,13H2,1H3,(H2,20,22,23). The molecule has 1 fully saturated rings. The molecule has 0 saturated heterocycles. The molecule has 25 heavy (non-hydrogen) atoms. The zero-order valence-electron chi connectivity index (χ0n) is 14.5. The Morgan fingerprint density at radius 1 is 1.28 bits per heavy atom. The third-order valence-corrected chi connectivity index (χ3v) is 4.60. The lowest BCUT2D eigenvalue weighted by molar-refractivity contribution is 0.0281. The molecular formula is C19H25N3O3. The molecule has 0 bridgehead atoms. The van der Waals surface area contributed by atoms with Gasteiger partial charge in [-0.25, -0.2) is 9.78 Å². The highest BCUT2D eigenvalue weighted by molar-refractivity contribution is 5.89. The number of aryl methyl sites for hydroxylation is 1. The highest BCUT2D eigenvalue weighted by Crippen LogP contribution is 2.26. The van der Waals surface area contributed by atoms with Crippen LogP contribution >= 0.6 is 0 Å². The van der Waals surface area contributed by atoms with Crippen LogP contribution in [0, 0.1) is 6.92 Å². The van der Waals surface area contributed by atoms with Crippen molar-refractivity contribution in [2.24, 2.45) is 0 Å². The molecule has 6 heteroatoms. The molecule has 0 radical (unpaired) electrons. The van der Waals surface area contributed by atoms with Gasteiger partial charge in [0.25, 0.3) is 0 Å². The van der Waals surface area contributed by atoms with Gasteiger partial charge < -0.3 is 20.2 Å². The Balaban J connectivity index is 1.57. The second kappa shape index (κ2) is 7.70. The molecule has 0 spiro atoms. The minimum atomic E-state index is -0.786. The monoisotopic (exact) mass is 343 g/mol. The fraction of sp³-hybridized carbons (Fsp3) is 0.474. The molecule has 1 heterocycles. The normalized spacial score (nSPS) is 16.9. The molecule has 1 aliphatic carbocycles. The van der Waals surface area contributed by atoms with Gasteiger partial charge in [0, 0.05) is 17.8 Å². The zero-order valence-corrected chi connectivity index (χ0v) is 14.5. The Kier molecular flexibility index (Phi) is 5.38. The summed E-state index contributed by atoms with van der Waals surface area (Å²) in [6.45, 7) is 2.14. The topological polar surface area (TPSA) is 87.4 Å². The largest absolute Gasteiger partial charge is 0.444 e. The number of carbonyl (C=O) groups excluding carboxylic acids is 1. The molecular weight excluding hydrogens is 318 g/mol. The number of amides is 2. The lowest BCUT2D eigenvalue weighted by Gasteiger charge is -2.26. The first kappa shape index (κ1) is 17.5. The number of carbonyl (C=O) groups is 1. The maximum absolute atomic E-state index is 12.2. The summed E-state index contributed by atoms with van der Waals surface area (Å²) in [5, 5.41) is 16.2. The average Bonchev–Trinajstić information content (AvgIpc) is 2.91. The highest BCUT2D eigenvalue weighted by atomic mass is 16.3. The van der Waals surface area contributed by atoms with Crippen molar-refractivity contribution in [1.29, 1.82) is 0 Å². The molecule has 0 atom stereocenters. The Bertz CT molecular complexity index is 718. The molecule has 134 valence electrons. The van der Waals surface area contributed by atoms with E-state index in [0.29, 0.717) is 11.6 Å². The van der Waals surface area contributed by atoms with Crippen LogP contribution in [0.4, 0.5) is 10.5 Å². The minimum Gasteiger partial charge on any atom is -0.444 e. The number of benzene rings is 1. The summed E-state index contributed by atoms with van der Waals surface area (Å²) < 4.78 is 5.39. The van der Waals surface area contributed by atoms with Gasteiger partial charge in [0.1, 0.15) is 6.26 Å². The van der Waals surface area contributed by atoms with Crippen LogP contribution in [0.1, 0.15) is 44.2 Å². The summed E-state index contributed by atoms with van der Waals surface area (Å²) in [5.74, 6) is 0.523. The lowest BCUT2D eigenvalue weighted by atomic mass is 9.95. The molecule has 2 aromatic rings. The fourth-order valence-corrected chi connectivity index (χ4v) is 3.20. The number of aliphatic hydroxyl groups is 1. The van der Waals surface area contributed by atoms with E-state index in [1.807, 2.05) is 25.1 Å². The van der Waals surface area contributed by atoms with Crippen molar-refractivity contribution in [3.63, 3.8) is 0 Å². The number of aromatic nitrogens is 1. The maximum atomic E-state index is 12.2. The summed E-state index contributed by atoms with van der Waals surface area (Å²) in [5.41, 5.74) is 1.47. The first-order chi connectivity index (χ1) is 12.0. The van der Waals surface area contributed by atoms with E-state index in [2.05, 4.69) is 15.6 Å². The number of hydrogen-bond donors (Lipinski definition) is 3. The van der Waals surface area contributed by atoms with Crippen molar-refractivity contribution in [2.75, 3.05) is 11.9 Å². The molecule has 1 aromatic carbocycles. The van der Waals surface area contributed by atoms with Crippen LogP contribution in [-0.4, -0.2) is 28.3 Å². The number of oxazole rings is 1. The molecule has 0 unspecified atom stereocenters. The van der Waals surface area contributed by atoms with Crippen LogP contribution in [-0.2, 0) is 0 Å². The van der Waals surface area contributed by atoms with Crippen LogP contribution in [0.2, 0.25) is 0 Å². The number of anilines is 1. The summed E-state index contributed by atoms with van der Waals surface area (Å²) in [6, 6.07) is 7.01. The van der Waals surface area contributed by atoms with Crippen LogP contribution in [0.5, 0.6) is 0 Å². The second-order valence-electron chi connectivity index (χ2n) is 6.82. The molecule has 1 aromatic heterocycles. The molecule has 3 N–H and O–H groups in total. The summed E-state index contributed by atoms with van der Waals surface area (Å²) >= 11 is 0. The van der Waals surface area contributed by atoms with Gasteiger partial charge in [-0.15, -0.1) is 0 Å². The molecule has 1 aliphatic rings. The molecule has 1 saturated carbocycles. The number of nitrogens with zero attached hydrogens (tertiary/aromatic N) is 1. The van der Waals surface area contributed by atoms with Crippen LogP contribution in [0.3, 0.4) is 0 Å². The van der Waals surface area contributed by atoms with Gasteiger partial charge in [-0.2, -0.15) is 0 Å². The zero-order chi connectivity index (χ0) is 17.7. The summed E-state index contributed by atoms with van der Waals surface area (Å²) in [7, 11) is 0. The van der Waals surface area contributed by atoms with E-state index in [-0.39, 0.29) is 12.6 Å². The van der Waals surface area contributed by atoms with Gasteiger partial charge in [0.05, 0.1) is 11.3 Å². The molecule has 6 nitrogen and oxygen atoms in total. The van der Waals surface area contributed by atoms with E-state index in [1.165, 1.54) is 0 Å². The quantitative estimate of drug-likeness (QED) is 0.736. The van der Waals surface area contributed by atoms with E-state index >= 15 is 0 Å². The van der Waals surface area contributed by atoms with Crippen molar-refractivity contribution < 1.29 is 14.3 Å². The number of urea groups is 1. The van der Waals surface area contributed by atoms with Crippen molar-refractivity contribution >= 4 is 11.7 Å². The lowest BCUT2D eigenvalue weighted by Crippen LogP contribution is -2.44. The van der Waals surface area contributed by atoms with E-state index in [1.54, 1.807) is 12.3 Å². The van der Waals surface area contributed by atoms with Crippen LogP contribution in [0.15, 0.2) is 34.9 Å². The molecule has 0 aliphatic heterocycles. The smallest absolute Gasteiger partial charge is 0.319 e. The number of nitrogens with one attached hydrogen (secondary N) is 2. The maximum Gasteiger partial charge on any atom is 0.319 e. The Labute approximate surface area is 147 Å². The van der Waals surface area contributed by atoms with Crippen LogP contribution in [0.25, 0.3) is 11.5 Å². The minimum absolute atomic E-state index is 0.275. The summed E-state index contributed by atoms with van der Waals surface area (Å²) in [4.78, 5) is 16.5. The van der Waals surface area contributed by atoms with Gasteiger partial charge in [-0.05, 0) is 38.0 Å². The number of hydrogen-bond acceptors (Lipinski definition) is 4. The first-order valence-corrected chi connectivity index (χ1v) is 8.84. The predicted molar refractivity (Wildman–Crippen MR) is 96.3 cm³/mol. The van der Waals surface area contributed by atoms with Gasteiger partial charge in [0.15, 0.2) is 0 Å². The Morgan fingerprint density at radius 3 is 2.72 bits per heavy atom. The molecule has 3 rings (SSSR count). The predicted octanol–water partition coefficient (Wildman–Crippen LogP) is 3.86. The van der Waals surface area contributed by atoms with E-state index in [0.717, 1.165) is 49.8 Å². The fourth-order valence-electron chi connectivity index (χ4n) is 3.20. The SMILES string of the molecule is Cc1coc(-c2cccc(NC(=O)NCC3(O)CCCCCC3)c2)n1. The van der Waals surface area contributed by atoms with E-state index < -0.39 is 5.60 Å². The third-order valence-electron chi connectivity index (χ3n) is 4.60. The van der Waals surface area contributed by atoms with Crippen molar-refractivity contribution in [3.05, 3.63) is 36.2 Å². The van der Waals surface area contributed by atoms with Gasteiger partial charge >= 0.3 is 6.03 Å². The van der Waals surface area contributed by atoms with Gasteiger partial charge in [0.2, 0.25) is 5.89 Å². The molecule has 2 amide bonds. The van der Waals surface area contributed by atoms with Gasteiger partial charge in [-0.1, -0.05) is 31.7 Å². The summed E-state index contributed by atoms with van der Waals surface area (Å²) in [6.07, 6.45) is 7.41. The van der Waals surface area contributed by atoms with Crippen LogP contribution < -0.4 is 10.6 Å². The number of rotatable bonds is 4. The Hall–Kier alpha value is -2.34. The Morgan fingerprint density at radius 2 is 2.04 bits per heavy atom. The van der Waals surface area contributed by atoms with Crippen molar-refractivity contribution in [3.8, 4) is 11.5 Å². The van der Waals surface area contributed by atoms with E-state index in [4.69, 9.17) is 4.42 Å². The third kappa shape index (κ3) is 4.82. The second-order valence-corrected chi connectivity index (χ2v) is 6.82. The van der Waals surface area contributed by atoms with Gasteiger partial charge in [-0.3, -0.25) is 0 Å². The first-order valence-electron chi connectivity index (χ1n) is 8.84. The highest BCUT2D eigenvalue weighted by Gasteiger charge is 2.28. The van der Waals surface area contributed by atoms with E-state index in [9.17, 15) is 9.90 Å². The van der Waals surface area contributed by atoms with Crippen molar-refractivity contribution in [1.82, 2.24) is 10.3 Å². The van der Waals surface area contributed by atoms with Crippen molar-refractivity contribution in [2.45, 2.75) is 51.0 Å². The average molecular weight is 343 g/mol.